The van der Waals surface area contributed by atoms with Gasteiger partial charge in [-0.3, -0.25) is 4.98 Å². The molecule has 29 heavy (non-hydrogen) atoms. The van der Waals surface area contributed by atoms with Crippen molar-refractivity contribution in [2.45, 2.75) is 77.4 Å². The molecular formula is C22H33N5O2. The maximum atomic E-state index is 12.0. The van der Waals surface area contributed by atoms with Gasteiger partial charge in [0.15, 0.2) is 0 Å². The second-order valence-electron chi connectivity index (χ2n) is 8.86. The number of nitrogens with zero attached hydrogens (tertiary/aromatic N) is 3. The number of anilines is 1. The highest BCUT2D eigenvalue weighted by Gasteiger charge is 2.30. The average molecular weight is 400 g/mol. The first kappa shape index (κ1) is 21.3. The molecule has 0 radical (unpaired) electrons. The Morgan fingerprint density at radius 1 is 1.31 bits per heavy atom. The number of nitrogens with one attached hydrogen (secondary N) is 2. The van der Waals surface area contributed by atoms with Crippen molar-refractivity contribution in [3.8, 4) is 0 Å². The Morgan fingerprint density at radius 2 is 2.00 bits per heavy atom. The van der Waals surface area contributed by atoms with E-state index in [1.807, 2.05) is 33.0 Å². The SMILES string of the molecule is CC/C(=C\C=N)c1nc(N2CCC(NC(=O)OC(C)(C)C)CC2)cnc1C1CC1. The van der Waals surface area contributed by atoms with Gasteiger partial charge in [-0.1, -0.05) is 6.92 Å². The van der Waals surface area contributed by atoms with Crippen LogP contribution in [0, 0.1) is 5.41 Å². The number of carbonyl (C=O) groups excluding carboxylic acids is 1. The number of hydrogen-bond donors (Lipinski definition) is 2. The van der Waals surface area contributed by atoms with Crippen molar-refractivity contribution in [3.05, 3.63) is 23.7 Å². The Labute approximate surface area is 173 Å². The lowest BCUT2D eigenvalue weighted by Crippen LogP contribution is -2.46. The molecule has 2 fully saturated rings. The van der Waals surface area contributed by atoms with Crippen molar-refractivity contribution in [2.75, 3.05) is 18.0 Å². The zero-order valence-electron chi connectivity index (χ0n) is 18.0. The first-order valence-electron chi connectivity index (χ1n) is 10.6. The molecule has 0 aromatic carbocycles. The fourth-order valence-corrected chi connectivity index (χ4v) is 3.63. The highest BCUT2D eigenvalue weighted by atomic mass is 16.6. The molecule has 1 saturated carbocycles. The molecule has 1 aliphatic heterocycles. The van der Waals surface area contributed by atoms with E-state index >= 15 is 0 Å². The van der Waals surface area contributed by atoms with Crippen LogP contribution in [-0.2, 0) is 4.74 Å². The van der Waals surface area contributed by atoms with Crippen LogP contribution in [0.1, 0.15) is 77.1 Å². The van der Waals surface area contributed by atoms with Gasteiger partial charge < -0.3 is 20.4 Å². The minimum Gasteiger partial charge on any atom is -0.444 e. The molecule has 2 aliphatic rings. The molecule has 3 rings (SSSR count). The van der Waals surface area contributed by atoms with Crippen LogP contribution < -0.4 is 10.2 Å². The summed E-state index contributed by atoms with van der Waals surface area (Å²) < 4.78 is 5.36. The molecule has 0 atom stereocenters. The Morgan fingerprint density at radius 3 is 2.55 bits per heavy atom. The molecule has 2 N–H and O–H groups in total. The van der Waals surface area contributed by atoms with Crippen molar-refractivity contribution in [1.82, 2.24) is 15.3 Å². The van der Waals surface area contributed by atoms with E-state index in [0.29, 0.717) is 5.92 Å². The van der Waals surface area contributed by atoms with Gasteiger partial charge in [0.05, 0.1) is 17.6 Å². The van der Waals surface area contributed by atoms with Gasteiger partial charge in [0, 0.05) is 31.3 Å². The molecule has 0 unspecified atom stereocenters. The van der Waals surface area contributed by atoms with Crippen LogP contribution in [0.3, 0.4) is 0 Å². The topological polar surface area (TPSA) is 91.2 Å². The number of aromatic nitrogens is 2. The lowest BCUT2D eigenvalue weighted by molar-refractivity contribution is 0.0497. The van der Waals surface area contributed by atoms with Gasteiger partial charge in [-0.25, -0.2) is 9.78 Å². The van der Waals surface area contributed by atoms with E-state index in [-0.39, 0.29) is 12.1 Å². The van der Waals surface area contributed by atoms with E-state index in [4.69, 9.17) is 20.1 Å². The third-order valence-corrected chi connectivity index (χ3v) is 5.26. The Hall–Kier alpha value is -2.44. The molecule has 0 spiro atoms. The normalized spacial score (nSPS) is 18.5. The largest absolute Gasteiger partial charge is 0.444 e. The number of alkyl carbamates (subject to hydrolysis) is 1. The predicted molar refractivity (Wildman–Crippen MR) is 116 cm³/mol. The zero-order valence-corrected chi connectivity index (χ0v) is 18.0. The monoisotopic (exact) mass is 399 g/mol. The zero-order chi connectivity index (χ0) is 21.0. The smallest absolute Gasteiger partial charge is 0.407 e. The molecule has 1 saturated heterocycles. The summed E-state index contributed by atoms with van der Waals surface area (Å²) in [6, 6.07) is 0.114. The number of ether oxygens (including phenoxy) is 1. The summed E-state index contributed by atoms with van der Waals surface area (Å²) in [6.07, 6.45) is 9.56. The number of rotatable bonds is 6. The van der Waals surface area contributed by atoms with Crippen molar-refractivity contribution in [2.24, 2.45) is 0 Å². The van der Waals surface area contributed by atoms with Gasteiger partial charge in [-0.2, -0.15) is 0 Å². The predicted octanol–water partition coefficient (Wildman–Crippen LogP) is 4.29. The highest BCUT2D eigenvalue weighted by molar-refractivity contribution is 5.82. The highest BCUT2D eigenvalue weighted by Crippen LogP contribution is 2.42. The Balaban J connectivity index is 1.67. The maximum absolute atomic E-state index is 12.0. The minimum atomic E-state index is -0.485. The Bertz CT molecular complexity index is 772. The van der Waals surface area contributed by atoms with Crippen LogP contribution in [0.5, 0.6) is 0 Å². The molecule has 1 aromatic heterocycles. The van der Waals surface area contributed by atoms with Gasteiger partial charge in [0.1, 0.15) is 11.4 Å². The van der Waals surface area contributed by atoms with Gasteiger partial charge in [-0.05, 0) is 64.5 Å². The quantitative estimate of drug-likeness (QED) is 0.696. The van der Waals surface area contributed by atoms with Crippen LogP contribution in [0.4, 0.5) is 10.6 Å². The summed E-state index contributed by atoms with van der Waals surface area (Å²) in [6.45, 7) is 9.32. The molecule has 7 heteroatoms. The maximum Gasteiger partial charge on any atom is 0.407 e. The van der Waals surface area contributed by atoms with Crippen molar-refractivity contribution in [1.29, 1.82) is 5.41 Å². The van der Waals surface area contributed by atoms with Gasteiger partial charge in [0.2, 0.25) is 0 Å². The fourth-order valence-electron chi connectivity index (χ4n) is 3.63. The molecular weight excluding hydrogens is 366 g/mol. The molecule has 1 aromatic rings. The molecule has 7 nitrogen and oxygen atoms in total. The van der Waals surface area contributed by atoms with E-state index in [2.05, 4.69) is 17.1 Å². The first-order valence-corrected chi connectivity index (χ1v) is 10.6. The van der Waals surface area contributed by atoms with Crippen LogP contribution in [0.25, 0.3) is 5.57 Å². The number of allylic oxidation sites excluding steroid dienone is 2. The van der Waals surface area contributed by atoms with Crippen molar-refractivity contribution in [3.63, 3.8) is 0 Å². The van der Waals surface area contributed by atoms with Crippen LogP contribution in [0.2, 0.25) is 0 Å². The van der Waals surface area contributed by atoms with Gasteiger partial charge in [-0.15, -0.1) is 0 Å². The average Bonchev–Trinajstić information content (AvgIpc) is 3.50. The Kier molecular flexibility index (Phi) is 6.55. The summed E-state index contributed by atoms with van der Waals surface area (Å²) in [5.74, 6) is 1.39. The molecule has 1 amide bonds. The summed E-state index contributed by atoms with van der Waals surface area (Å²) in [7, 11) is 0. The molecule has 2 heterocycles. The first-order chi connectivity index (χ1) is 13.8. The van der Waals surface area contributed by atoms with Gasteiger partial charge in [0.25, 0.3) is 0 Å². The van der Waals surface area contributed by atoms with E-state index in [1.165, 1.54) is 19.1 Å². The summed E-state index contributed by atoms with van der Waals surface area (Å²) in [5.41, 5.74) is 2.61. The van der Waals surface area contributed by atoms with Crippen LogP contribution in [0.15, 0.2) is 12.3 Å². The van der Waals surface area contributed by atoms with E-state index in [1.54, 1.807) is 0 Å². The number of piperidine rings is 1. The van der Waals surface area contributed by atoms with Gasteiger partial charge >= 0.3 is 6.09 Å². The van der Waals surface area contributed by atoms with E-state index in [0.717, 1.165) is 55.1 Å². The van der Waals surface area contributed by atoms with E-state index < -0.39 is 5.60 Å². The lowest BCUT2D eigenvalue weighted by Gasteiger charge is -2.33. The number of carbonyl (C=O) groups is 1. The van der Waals surface area contributed by atoms with E-state index in [9.17, 15) is 4.79 Å². The van der Waals surface area contributed by atoms with Crippen molar-refractivity contribution >= 4 is 23.7 Å². The summed E-state index contributed by atoms with van der Waals surface area (Å²) >= 11 is 0. The van der Waals surface area contributed by atoms with Crippen LogP contribution in [-0.4, -0.2) is 47.0 Å². The molecule has 1 aliphatic carbocycles. The lowest BCUT2D eigenvalue weighted by atomic mass is 10.0. The van der Waals surface area contributed by atoms with Crippen molar-refractivity contribution < 1.29 is 9.53 Å². The molecule has 0 bridgehead atoms. The second-order valence-corrected chi connectivity index (χ2v) is 8.86. The second kappa shape index (κ2) is 8.93. The third-order valence-electron chi connectivity index (χ3n) is 5.26. The minimum absolute atomic E-state index is 0.114. The third kappa shape index (κ3) is 5.78. The summed E-state index contributed by atoms with van der Waals surface area (Å²) in [5, 5.41) is 10.4. The standard InChI is InChI=1S/C22H33N5O2/c1-5-15(8-11-23)20-19(16-6-7-16)24-14-18(26-20)27-12-9-17(10-13-27)25-21(28)29-22(2,3)4/h8,11,14,16-17,23H,5-7,9-10,12-13H2,1-4H3,(H,25,28)/b15-8+,23-11?. The number of amides is 1. The van der Waals surface area contributed by atoms with Crippen LogP contribution >= 0.6 is 0 Å². The summed E-state index contributed by atoms with van der Waals surface area (Å²) in [4.78, 5) is 24.0. The number of hydrogen-bond acceptors (Lipinski definition) is 6. The fraction of sp³-hybridized carbons (Fsp3) is 0.636. The molecule has 158 valence electrons.